The maximum absolute atomic E-state index is 11.8. The van der Waals surface area contributed by atoms with Crippen LogP contribution in [0.1, 0.15) is 19.8 Å². The van der Waals surface area contributed by atoms with Crippen molar-refractivity contribution in [3.63, 3.8) is 0 Å². The number of likely N-dealkylation sites (tertiary alicyclic amines) is 1. The third-order valence-electron chi connectivity index (χ3n) is 3.08. The van der Waals surface area contributed by atoms with Crippen LogP contribution in [0.5, 0.6) is 0 Å². The minimum atomic E-state index is -0.369. The number of nitrogens with zero attached hydrogens (tertiary/aromatic N) is 1. The Morgan fingerprint density at radius 1 is 1.67 bits per heavy atom. The molecule has 0 aliphatic carbocycles. The van der Waals surface area contributed by atoms with Crippen molar-refractivity contribution in [1.29, 1.82) is 0 Å². The van der Waals surface area contributed by atoms with E-state index in [0.29, 0.717) is 0 Å². The monoisotopic (exact) mass is 229 g/mol. The fourth-order valence-corrected chi connectivity index (χ4v) is 3.67. The Bertz CT molecular complexity index is 251. The molecule has 0 saturated carbocycles. The zero-order valence-corrected chi connectivity index (χ0v) is 9.98. The van der Waals surface area contributed by atoms with Crippen LogP contribution in [-0.2, 0) is 4.79 Å². The Morgan fingerprint density at radius 3 is 3.07 bits per heavy atom. The molecule has 0 bridgehead atoms. The Labute approximate surface area is 94.9 Å². The number of thioether (sulfide) groups is 1. The topological polar surface area (TPSA) is 58.4 Å². The largest absolute Gasteiger partial charge is 0.339 e. The first-order chi connectivity index (χ1) is 7.13. The van der Waals surface area contributed by atoms with Gasteiger partial charge in [0.25, 0.3) is 0 Å². The van der Waals surface area contributed by atoms with Crippen LogP contribution < -0.4 is 11.1 Å². The molecule has 2 heterocycles. The highest BCUT2D eigenvalue weighted by Crippen LogP contribution is 2.35. The SMILES string of the molecule is C[C@H](N)C(=O)N1CCCC2(C1)NCCS2. The zero-order valence-electron chi connectivity index (χ0n) is 9.16. The first kappa shape index (κ1) is 11.2. The molecule has 4 nitrogen and oxygen atoms in total. The Hall–Kier alpha value is -0.260. The maximum Gasteiger partial charge on any atom is 0.239 e. The molecule has 3 N–H and O–H groups in total. The van der Waals surface area contributed by atoms with Crippen LogP contribution in [0, 0.1) is 0 Å². The smallest absolute Gasteiger partial charge is 0.239 e. The van der Waals surface area contributed by atoms with Crippen molar-refractivity contribution in [3.05, 3.63) is 0 Å². The molecule has 2 rings (SSSR count). The highest BCUT2D eigenvalue weighted by molar-refractivity contribution is 8.00. The first-order valence-electron chi connectivity index (χ1n) is 5.56. The second kappa shape index (κ2) is 4.31. The van der Waals surface area contributed by atoms with Crippen molar-refractivity contribution >= 4 is 17.7 Å². The Kier molecular flexibility index (Phi) is 3.23. The second-order valence-corrected chi connectivity index (χ2v) is 5.90. The quantitative estimate of drug-likeness (QED) is 0.664. The molecule has 86 valence electrons. The molecule has 1 spiro atoms. The van der Waals surface area contributed by atoms with Gasteiger partial charge in [0.05, 0.1) is 10.9 Å². The number of carbonyl (C=O) groups excluding carboxylic acids is 1. The van der Waals surface area contributed by atoms with Crippen LogP contribution >= 0.6 is 11.8 Å². The summed E-state index contributed by atoms with van der Waals surface area (Å²) in [6.45, 7) is 4.51. The maximum atomic E-state index is 11.8. The third-order valence-corrected chi connectivity index (χ3v) is 4.52. The molecule has 0 aromatic carbocycles. The Balaban J connectivity index is 2.00. The van der Waals surface area contributed by atoms with Gasteiger partial charge in [0, 0.05) is 25.4 Å². The van der Waals surface area contributed by atoms with Gasteiger partial charge in [-0.2, -0.15) is 0 Å². The van der Waals surface area contributed by atoms with Crippen molar-refractivity contribution < 1.29 is 4.79 Å². The van der Waals surface area contributed by atoms with E-state index in [1.54, 1.807) is 6.92 Å². The third kappa shape index (κ3) is 2.29. The summed E-state index contributed by atoms with van der Waals surface area (Å²) in [6, 6.07) is -0.369. The second-order valence-electron chi connectivity index (χ2n) is 4.42. The Morgan fingerprint density at radius 2 is 2.47 bits per heavy atom. The van der Waals surface area contributed by atoms with Crippen LogP contribution in [0.25, 0.3) is 0 Å². The van der Waals surface area contributed by atoms with E-state index in [4.69, 9.17) is 5.73 Å². The van der Waals surface area contributed by atoms with Crippen molar-refractivity contribution in [3.8, 4) is 0 Å². The normalized spacial score (nSPS) is 33.3. The molecule has 0 radical (unpaired) electrons. The number of hydrogen-bond donors (Lipinski definition) is 2. The highest BCUT2D eigenvalue weighted by atomic mass is 32.2. The summed E-state index contributed by atoms with van der Waals surface area (Å²) in [4.78, 5) is 13.8. The highest BCUT2D eigenvalue weighted by Gasteiger charge is 2.40. The zero-order chi connectivity index (χ0) is 10.9. The molecule has 0 aromatic rings. The summed E-state index contributed by atoms with van der Waals surface area (Å²) in [5.41, 5.74) is 5.64. The van der Waals surface area contributed by atoms with Gasteiger partial charge in [-0.25, -0.2) is 0 Å². The number of nitrogens with two attached hydrogens (primary N) is 1. The van der Waals surface area contributed by atoms with Gasteiger partial charge in [-0.15, -0.1) is 11.8 Å². The first-order valence-corrected chi connectivity index (χ1v) is 6.55. The van der Waals surface area contributed by atoms with Gasteiger partial charge in [0.2, 0.25) is 5.91 Å². The van der Waals surface area contributed by atoms with E-state index in [1.165, 1.54) is 6.42 Å². The molecular weight excluding hydrogens is 210 g/mol. The average Bonchev–Trinajstić information content (AvgIpc) is 2.65. The minimum Gasteiger partial charge on any atom is -0.339 e. The standard InChI is InChI=1S/C10H19N3OS/c1-8(11)9(14)13-5-2-3-10(7-13)12-4-6-15-10/h8,12H,2-7,11H2,1H3/t8-,10?/m0/s1. The molecule has 2 atom stereocenters. The molecule has 15 heavy (non-hydrogen) atoms. The summed E-state index contributed by atoms with van der Waals surface area (Å²) >= 11 is 1.95. The van der Waals surface area contributed by atoms with Crippen molar-refractivity contribution in [2.24, 2.45) is 5.73 Å². The number of hydrogen-bond acceptors (Lipinski definition) is 4. The number of nitrogens with one attached hydrogen (secondary N) is 1. The van der Waals surface area contributed by atoms with Crippen LogP contribution in [0.4, 0.5) is 0 Å². The molecule has 2 aliphatic rings. The van der Waals surface area contributed by atoms with Crippen molar-refractivity contribution in [1.82, 2.24) is 10.2 Å². The van der Waals surface area contributed by atoms with E-state index in [-0.39, 0.29) is 16.8 Å². The lowest BCUT2D eigenvalue weighted by atomic mass is 10.0. The van der Waals surface area contributed by atoms with Gasteiger partial charge in [-0.1, -0.05) is 0 Å². The molecule has 2 aliphatic heterocycles. The number of carbonyl (C=O) groups is 1. The molecule has 1 amide bonds. The number of piperidine rings is 1. The van der Waals surface area contributed by atoms with Crippen LogP contribution in [0.15, 0.2) is 0 Å². The predicted molar refractivity (Wildman–Crippen MR) is 62.7 cm³/mol. The van der Waals surface area contributed by atoms with E-state index < -0.39 is 0 Å². The van der Waals surface area contributed by atoms with E-state index in [0.717, 1.165) is 31.8 Å². The van der Waals surface area contributed by atoms with Gasteiger partial charge >= 0.3 is 0 Å². The lowest BCUT2D eigenvalue weighted by Gasteiger charge is -2.40. The molecular formula is C10H19N3OS. The van der Waals surface area contributed by atoms with Gasteiger partial charge < -0.3 is 16.0 Å². The van der Waals surface area contributed by atoms with Crippen LogP contribution in [0.3, 0.4) is 0 Å². The molecule has 2 fully saturated rings. The van der Waals surface area contributed by atoms with E-state index in [9.17, 15) is 4.79 Å². The fourth-order valence-electron chi connectivity index (χ4n) is 2.34. The lowest BCUT2D eigenvalue weighted by molar-refractivity contribution is -0.133. The minimum absolute atomic E-state index is 0.0865. The van der Waals surface area contributed by atoms with E-state index in [2.05, 4.69) is 5.32 Å². The van der Waals surface area contributed by atoms with Crippen molar-refractivity contribution in [2.75, 3.05) is 25.4 Å². The number of rotatable bonds is 1. The van der Waals surface area contributed by atoms with Crippen molar-refractivity contribution in [2.45, 2.75) is 30.7 Å². The van der Waals surface area contributed by atoms with Crippen LogP contribution in [0.2, 0.25) is 0 Å². The fraction of sp³-hybridized carbons (Fsp3) is 0.900. The predicted octanol–water partition coefficient (Wildman–Crippen LogP) is -0.0113. The summed E-state index contributed by atoms with van der Waals surface area (Å²) < 4.78 is 0. The van der Waals surface area contributed by atoms with Gasteiger partial charge in [-0.05, 0) is 19.8 Å². The summed E-state index contributed by atoms with van der Waals surface area (Å²) in [6.07, 6.45) is 2.25. The molecule has 5 heteroatoms. The van der Waals surface area contributed by atoms with Gasteiger partial charge in [0.1, 0.15) is 0 Å². The summed E-state index contributed by atoms with van der Waals surface area (Å²) in [5.74, 6) is 1.24. The molecule has 0 aromatic heterocycles. The number of amides is 1. The van der Waals surface area contributed by atoms with Gasteiger partial charge in [-0.3, -0.25) is 4.79 Å². The molecule has 1 unspecified atom stereocenters. The summed E-state index contributed by atoms with van der Waals surface area (Å²) in [5, 5.41) is 3.52. The van der Waals surface area contributed by atoms with E-state index in [1.807, 2.05) is 16.7 Å². The average molecular weight is 229 g/mol. The van der Waals surface area contributed by atoms with Crippen LogP contribution in [-0.4, -0.2) is 47.1 Å². The molecule has 2 saturated heterocycles. The lowest BCUT2D eigenvalue weighted by Crippen LogP contribution is -2.56. The summed E-state index contributed by atoms with van der Waals surface area (Å²) in [7, 11) is 0. The van der Waals surface area contributed by atoms with E-state index >= 15 is 0 Å². The van der Waals surface area contributed by atoms with Gasteiger partial charge in [0.15, 0.2) is 0 Å².